The normalized spacial score (nSPS) is 16.1. The molecular formula is C17H26N4OS. The van der Waals surface area contributed by atoms with Crippen LogP contribution in [0.15, 0.2) is 0 Å². The SMILES string of the molecule is CCCCC(C#N)CCC(=O)Cc1nsnc1N1CCCCC1. The first-order chi connectivity index (χ1) is 11.2. The van der Waals surface area contributed by atoms with Crippen LogP contribution in [0, 0.1) is 17.2 Å². The summed E-state index contributed by atoms with van der Waals surface area (Å²) < 4.78 is 8.73. The summed E-state index contributed by atoms with van der Waals surface area (Å²) in [5.74, 6) is 1.09. The van der Waals surface area contributed by atoms with Gasteiger partial charge < -0.3 is 4.90 Å². The van der Waals surface area contributed by atoms with Gasteiger partial charge in [0.05, 0.1) is 24.2 Å². The highest BCUT2D eigenvalue weighted by atomic mass is 32.1. The van der Waals surface area contributed by atoms with Gasteiger partial charge in [0.1, 0.15) is 11.5 Å². The minimum absolute atomic E-state index is 0.00836. The fraction of sp³-hybridized carbons (Fsp3) is 0.765. The molecule has 1 atom stereocenters. The average molecular weight is 334 g/mol. The zero-order valence-electron chi connectivity index (χ0n) is 14.0. The van der Waals surface area contributed by atoms with Gasteiger partial charge in [-0.25, -0.2) is 0 Å². The number of carbonyl (C=O) groups is 1. The monoisotopic (exact) mass is 334 g/mol. The van der Waals surface area contributed by atoms with Gasteiger partial charge in [0, 0.05) is 25.4 Å². The maximum Gasteiger partial charge on any atom is 0.166 e. The van der Waals surface area contributed by atoms with E-state index in [0.29, 0.717) is 19.3 Å². The van der Waals surface area contributed by atoms with E-state index in [2.05, 4.69) is 26.6 Å². The lowest BCUT2D eigenvalue weighted by Crippen LogP contribution is -2.30. The largest absolute Gasteiger partial charge is 0.354 e. The van der Waals surface area contributed by atoms with E-state index in [4.69, 9.17) is 5.26 Å². The Bertz CT molecular complexity index is 531. The van der Waals surface area contributed by atoms with Gasteiger partial charge in [-0.2, -0.15) is 14.0 Å². The number of Topliss-reactive ketones (excluding diaryl/α,β-unsaturated/α-hetero) is 1. The van der Waals surface area contributed by atoms with E-state index in [0.717, 1.165) is 43.9 Å². The van der Waals surface area contributed by atoms with Crippen molar-refractivity contribution in [1.29, 1.82) is 5.26 Å². The van der Waals surface area contributed by atoms with E-state index in [1.807, 2.05) is 0 Å². The highest BCUT2D eigenvalue weighted by Crippen LogP contribution is 2.23. The molecule has 0 amide bonds. The number of hydrogen-bond acceptors (Lipinski definition) is 6. The Balaban J connectivity index is 1.83. The molecule has 1 fully saturated rings. The van der Waals surface area contributed by atoms with Crippen molar-refractivity contribution < 1.29 is 4.79 Å². The van der Waals surface area contributed by atoms with E-state index in [1.54, 1.807) is 0 Å². The zero-order chi connectivity index (χ0) is 16.5. The minimum atomic E-state index is 0.00836. The molecule has 1 unspecified atom stereocenters. The van der Waals surface area contributed by atoms with Crippen molar-refractivity contribution >= 4 is 23.3 Å². The van der Waals surface area contributed by atoms with Crippen molar-refractivity contribution in [3.63, 3.8) is 0 Å². The Morgan fingerprint density at radius 3 is 2.78 bits per heavy atom. The van der Waals surface area contributed by atoms with Crippen molar-refractivity contribution in [3.05, 3.63) is 5.69 Å². The molecule has 23 heavy (non-hydrogen) atoms. The number of aromatic nitrogens is 2. The number of nitriles is 1. The smallest absolute Gasteiger partial charge is 0.166 e. The van der Waals surface area contributed by atoms with Crippen LogP contribution in [0.4, 0.5) is 5.82 Å². The molecule has 0 aliphatic carbocycles. The Kier molecular flexibility index (Phi) is 7.47. The fourth-order valence-electron chi connectivity index (χ4n) is 2.99. The maximum atomic E-state index is 12.2. The van der Waals surface area contributed by atoms with Crippen molar-refractivity contribution in [2.24, 2.45) is 5.92 Å². The Labute approximate surface area is 143 Å². The summed E-state index contributed by atoms with van der Waals surface area (Å²) in [6, 6.07) is 2.33. The molecule has 1 saturated heterocycles. The van der Waals surface area contributed by atoms with Gasteiger partial charge in [-0.05, 0) is 32.1 Å². The van der Waals surface area contributed by atoms with Gasteiger partial charge >= 0.3 is 0 Å². The van der Waals surface area contributed by atoms with E-state index >= 15 is 0 Å². The second-order valence-corrected chi connectivity index (χ2v) is 6.83. The molecule has 1 aromatic heterocycles. The third-order valence-electron chi connectivity index (χ3n) is 4.42. The Morgan fingerprint density at radius 2 is 2.09 bits per heavy atom. The number of anilines is 1. The lowest BCUT2D eigenvalue weighted by Gasteiger charge is -2.27. The first-order valence-corrected chi connectivity index (χ1v) is 9.45. The van der Waals surface area contributed by atoms with Gasteiger partial charge in [-0.1, -0.05) is 19.8 Å². The van der Waals surface area contributed by atoms with Gasteiger partial charge in [-0.3, -0.25) is 4.79 Å². The molecule has 6 heteroatoms. The predicted molar refractivity (Wildman–Crippen MR) is 92.5 cm³/mol. The second kappa shape index (κ2) is 9.61. The quantitative estimate of drug-likeness (QED) is 0.688. The van der Waals surface area contributed by atoms with E-state index in [1.165, 1.54) is 31.0 Å². The zero-order valence-corrected chi connectivity index (χ0v) is 14.8. The Morgan fingerprint density at radius 1 is 1.30 bits per heavy atom. The van der Waals surface area contributed by atoms with Crippen LogP contribution in [-0.4, -0.2) is 27.6 Å². The van der Waals surface area contributed by atoms with Crippen molar-refractivity contribution in [2.75, 3.05) is 18.0 Å². The Hall–Kier alpha value is -1.48. The van der Waals surface area contributed by atoms with Gasteiger partial charge in [0.15, 0.2) is 5.82 Å². The van der Waals surface area contributed by atoms with Gasteiger partial charge in [-0.15, -0.1) is 0 Å². The second-order valence-electron chi connectivity index (χ2n) is 6.30. The third-order valence-corrected chi connectivity index (χ3v) is 4.97. The summed E-state index contributed by atoms with van der Waals surface area (Å²) >= 11 is 1.20. The first kappa shape index (κ1) is 17.9. The predicted octanol–water partition coefficient (Wildman–Crippen LogP) is 3.75. The number of piperidine rings is 1. The summed E-state index contributed by atoms with van der Waals surface area (Å²) in [6.45, 7) is 4.15. The molecule has 126 valence electrons. The minimum Gasteiger partial charge on any atom is -0.354 e. The van der Waals surface area contributed by atoms with Crippen LogP contribution < -0.4 is 4.90 Å². The highest BCUT2D eigenvalue weighted by Gasteiger charge is 2.20. The molecule has 0 saturated carbocycles. The lowest BCUT2D eigenvalue weighted by atomic mass is 9.96. The molecule has 0 radical (unpaired) electrons. The van der Waals surface area contributed by atoms with Crippen molar-refractivity contribution in [1.82, 2.24) is 8.75 Å². The summed E-state index contributed by atoms with van der Waals surface area (Å²) in [7, 11) is 0. The maximum absolute atomic E-state index is 12.2. The van der Waals surface area contributed by atoms with Gasteiger partial charge in [0.25, 0.3) is 0 Å². The number of hydrogen-bond donors (Lipinski definition) is 0. The van der Waals surface area contributed by atoms with Crippen LogP contribution in [0.5, 0.6) is 0 Å². The van der Waals surface area contributed by atoms with Crippen LogP contribution >= 0.6 is 11.7 Å². The molecule has 1 aliphatic rings. The number of ketones is 1. The molecule has 1 aliphatic heterocycles. The molecule has 2 heterocycles. The van der Waals surface area contributed by atoms with Crippen LogP contribution in [0.2, 0.25) is 0 Å². The first-order valence-electron chi connectivity index (χ1n) is 8.72. The molecule has 0 spiro atoms. The molecule has 0 N–H and O–H groups in total. The van der Waals surface area contributed by atoms with E-state index in [9.17, 15) is 4.79 Å². The highest BCUT2D eigenvalue weighted by molar-refractivity contribution is 6.99. The number of rotatable bonds is 9. The van der Waals surface area contributed by atoms with Gasteiger partial charge in [0.2, 0.25) is 0 Å². The molecule has 0 bridgehead atoms. The molecule has 5 nitrogen and oxygen atoms in total. The standard InChI is InChI=1S/C17H26N4OS/c1-2-3-7-14(13-18)8-9-15(22)12-16-17(20-23-19-16)21-10-5-4-6-11-21/h14H,2-12H2,1H3. The lowest BCUT2D eigenvalue weighted by molar-refractivity contribution is -0.118. The van der Waals surface area contributed by atoms with Crippen molar-refractivity contribution in [3.8, 4) is 6.07 Å². The molecular weight excluding hydrogens is 308 g/mol. The topological polar surface area (TPSA) is 69.9 Å². The van der Waals surface area contributed by atoms with E-state index < -0.39 is 0 Å². The molecule has 1 aromatic rings. The summed E-state index contributed by atoms with van der Waals surface area (Å²) in [5, 5.41) is 9.15. The number of unbranched alkanes of at least 4 members (excludes halogenated alkanes) is 1. The number of carbonyl (C=O) groups excluding carboxylic acids is 1. The van der Waals surface area contributed by atoms with Crippen molar-refractivity contribution in [2.45, 2.75) is 64.7 Å². The molecule has 2 rings (SSSR count). The summed E-state index contributed by atoms with van der Waals surface area (Å²) in [5.41, 5.74) is 0.823. The van der Waals surface area contributed by atoms with E-state index in [-0.39, 0.29) is 11.7 Å². The fourth-order valence-corrected chi connectivity index (χ4v) is 3.58. The summed E-state index contributed by atoms with van der Waals surface area (Å²) in [6.07, 6.45) is 8.20. The summed E-state index contributed by atoms with van der Waals surface area (Å²) in [4.78, 5) is 14.5. The van der Waals surface area contributed by atoms with Crippen LogP contribution in [0.25, 0.3) is 0 Å². The third kappa shape index (κ3) is 5.58. The number of nitrogens with zero attached hydrogens (tertiary/aromatic N) is 4. The van der Waals surface area contributed by atoms with Crippen LogP contribution in [0.3, 0.4) is 0 Å². The van der Waals surface area contributed by atoms with Crippen LogP contribution in [-0.2, 0) is 11.2 Å². The molecule has 0 aromatic carbocycles. The van der Waals surface area contributed by atoms with Crippen LogP contribution in [0.1, 0.15) is 64.0 Å². The average Bonchev–Trinajstić information content (AvgIpc) is 3.04.